The molecule has 1 unspecified atom stereocenters. The predicted octanol–water partition coefficient (Wildman–Crippen LogP) is 3.47. The lowest BCUT2D eigenvalue weighted by molar-refractivity contribution is 0.161. The summed E-state index contributed by atoms with van der Waals surface area (Å²) in [5.41, 5.74) is 1.36. The summed E-state index contributed by atoms with van der Waals surface area (Å²) in [7, 11) is 0. The molecule has 116 valence electrons. The Kier molecular flexibility index (Phi) is 4.81. The van der Waals surface area contributed by atoms with E-state index in [9.17, 15) is 0 Å². The molecule has 1 saturated heterocycles. The van der Waals surface area contributed by atoms with Gasteiger partial charge < -0.3 is 9.47 Å². The molecule has 1 aromatic carbocycles. The average Bonchev–Trinajstić information content (AvgIpc) is 3.16. The molecule has 1 heterocycles. The highest BCUT2D eigenvalue weighted by Gasteiger charge is 2.31. The van der Waals surface area contributed by atoms with Crippen molar-refractivity contribution in [2.75, 3.05) is 19.8 Å². The van der Waals surface area contributed by atoms with Gasteiger partial charge >= 0.3 is 0 Å². The van der Waals surface area contributed by atoms with Gasteiger partial charge in [-0.25, -0.2) is 0 Å². The molecule has 0 bridgehead atoms. The number of nitrogens with zero attached hydrogens (tertiary/aromatic N) is 1. The second-order valence-electron chi connectivity index (χ2n) is 6.70. The van der Waals surface area contributed by atoms with Gasteiger partial charge in [-0.2, -0.15) is 0 Å². The van der Waals surface area contributed by atoms with Crippen LogP contribution in [0.15, 0.2) is 24.3 Å². The highest BCUT2D eigenvalue weighted by Crippen LogP contribution is 2.30. The molecular formula is C18H27NO2. The summed E-state index contributed by atoms with van der Waals surface area (Å²) in [6.45, 7) is 8.25. The van der Waals surface area contributed by atoms with Crippen LogP contribution in [-0.4, -0.2) is 36.8 Å². The molecule has 21 heavy (non-hydrogen) atoms. The van der Waals surface area contributed by atoms with Crippen LogP contribution >= 0.6 is 0 Å². The van der Waals surface area contributed by atoms with E-state index in [-0.39, 0.29) is 6.10 Å². The number of ether oxygens (including phenoxy) is 2. The van der Waals surface area contributed by atoms with E-state index in [1.807, 2.05) is 0 Å². The molecule has 0 spiro atoms. The van der Waals surface area contributed by atoms with Crippen molar-refractivity contribution in [3.63, 3.8) is 0 Å². The fraction of sp³-hybridized carbons (Fsp3) is 0.667. The van der Waals surface area contributed by atoms with Crippen LogP contribution in [0.1, 0.15) is 38.7 Å². The van der Waals surface area contributed by atoms with E-state index in [1.54, 1.807) is 0 Å². The molecule has 0 aromatic heterocycles. The number of hydrogen-bond acceptors (Lipinski definition) is 3. The summed E-state index contributed by atoms with van der Waals surface area (Å²) >= 11 is 0. The van der Waals surface area contributed by atoms with Crippen molar-refractivity contribution in [3.8, 4) is 5.75 Å². The van der Waals surface area contributed by atoms with Crippen molar-refractivity contribution < 1.29 is 9.47 Å². The van der Waals surface area contributed by atoms with Gasteiger partial charge in [0, 0.05) is 25.7 Å². The lowest BCUT2D eigenvalue weighted by atomic mass is 10.1. The first-order chi connectivity index (χ1) is 10.2. The molecular weight excluding hydrogens is 262 g/mol. The fourth-order valence-corrected chi connectivity index (χ4v) is 3.07. The molecule has 2 aliphatic rings. The number of rotatable bonds is 7. The molecule has 1 aliphatic heterocycles. The normalized spacial score (nSPS) is 22.2. The maximum Gasteiger partial charge on any atom is 0.120 e. The Labute approximate surface area is 128 Å². The molecule has 0 amide bonds. The van der Waals surface area contributed by atoms with Gasteiger partial charge in [0.15, 0.2) is 0 Å². The van der Waals surface area contributed by atoms with Gasteiger partial charge in [0.1, 0.15) is 5.75 Å². The number of hydrogen-bond donors (Lipinski definition) is 0. The first-order valence-electron chi connectivity index (χ1n) is 8.28. The molecule has 3 rings (SSSR count). The van der Waals surface area contributed by atoms with E-state index in [4.69, 9.17) is 9.47 Å². The maximum atomic E-state index is 5.81. The lowest BCUT2D eigenvalue weighted by Gasteiger charge is -2.25. The standard InChI is InChI=1S/C18H27NO2/c1-14(2)21-18-5-3-4-15(10-18)11-19(17-6-7-17)12-16-8-9-20-13-16/h3-5,10,14,16-17H,6-9,11-13H2,1-2H3. The van der Waals surface area contributed by atoms with Crippen LogP contribution in [0.4, 0.5) is 0 Å². The van der Waals surface area contributed by atoms with Crippen LogP contribution in [0.3, 0.4) is 0 Å². The molecule has 0 N–H and O–H groups in total. The average molecular weight is 289 g/mol. The molecule has 0 radical (unpaired) electrons. The van der Waals surface area contributed by atoms with Gasteiger partial charge in [0.25, 0.3) is 0 Å². The van der Waals surface area contributed by atoms with Crippen LogP contribution in [0, 0.1) is 5.92 Å². The Balaban J connectivity index is 1.61. The zero-order valence-electron chi connectivity index (χ0n) is 13.3. The van der Waals surface area contributed by atoms with Crippen molar-refractivity contribution in [2.24, 2.45) is 5.92 Å². The smallest absolute Gasteiger partial charge is 0.120 e. The Morgan fingerprint density at radius 1 is 1.29 bits per heavy atom. The van der Waals surface area contributed by atoms with E-state index in [1.165, 1.54) is 31.4 Å². The first kappa shape index (κ1) is 14.9. The van der Waals surface area contributed by atoms with Crippen LogP contribution in [0.25, 0.3) is 0 Å². The highest BCUT2D eigenvalue weighted by atomic mass is 16.5. The lowest BCUT2D eigenvalue weighted by Crippen LogP contribution is -2.31. The Hall–Kier alpha value is -1.06. The van der Waals surface area contributed by atoms with Crippen LogP contribution in [0.5, 0.6) is 5.75 Å². The minimum absolute atomic E-state index is 0.232. The van der Waals surface area contributed by atoms with Crippen molar-refractivity contribution in [3.05, 3.63) is 29.8 Å². The van der Waals surface area contributed by atoms with Crippen molar-refractivity contribution in [2.45, 2.75) is 51.8 Å². The third-order valence-corrected chi connectivity index (χ3v) is 4.24. The summed E-state index contributed by atoms with van der Waals surface area (Å²) < 4.78 is 11.3. The van der Waals surface area contributed by atoms with E-state index in [0.717, 1.165) is 37.5 Å². The second-order valence-corrected chi connectivity index (χ2v) is 6.70. The van der Waals surface area contributed by atoms with Crippen LogP contribution in [-0.2, 0) is 11.3 Å². The van der Waals surface area contributed by atoms with Gasteiger partial charge in [-0.05, 0) is 56.7 Å². The van der Waals surface area contributed by atoms with Crippen LogP contribution < -0.4 is 4.74 Å². The van der Waals surface area contributed by atoms with E-state index in [0.29, 0.717) is 0 Å². The highest BCUT2D eigenvalue weighted by molar-refractivity contribution is 5.28. The number of benzene rings is 1. The summed E-state index contributed by atoms with van der Waals surface area (Å²) in [6.07, 6.45) is 4.17. The van der Waals surface area contributed by atoms with Crippen molar-refractivity contribution in [1.82, 2.24) is 4.90 Å². The zero-order chi connectivity index (χ0) is 14.7. The molecule has 3 nitrogen and oxygen atoms in total. The third-order valence-electron chi connectivity index (χ3n) is 4.24. The van der Waals surface area contributed by atoms with Gasteiger partial charge in [0.05, 0.1) is 12.7 Å². The van der Waals surface area contributed by atoms with Gasteiger partial charge in [-0.3, -0.25) is 4.90 Å². The SMILES string of the molecule is CC(C)Oc1cccc(CN(CC2CCOC2)C2CC2)c1. The van der Waals surface area contributed by atoms with E-state index < -0.39 is 0 Å². The Bertz CT molecular complexity index is 450. The van der Waals surface area contributed by atoms with Gasteiger partial charge in [-0.1, -0.05) is 12.1 Å². The molecule has 1 atom stereocenters. The zero-order valence-corrected chi connectivity index (χ0v) is 13.3. The molecule has 2 fully saturated rings. The Morgan fingerprint density at radius 3 is 2.81 bits per heavy atom. The second kappa shape index (κ2) is 6.80. The monoisotopic (exact) mass is 289 g/mol. The Morgan fingerprint density at radius 2 is 2.14 bits per heavy atom. The van der Waals surface area contributed by atoms with Gasteiger partial charge in [0.2, 0.25) is 0 Å². The summed E-state index contributed by atoms with van der Waals surface area (Å²) in [4.78, 5) is 2.65. The molecule has 1 aromatic rings. The summed E-state index contributed by atoms with van der Waals surface area (Å²) in [5.74, 6) is 1.71. The van der Waals surface area contributed by atoms with Crippen LogP contribution in [0.2, 0.25) is 0 Å². The van der Waals surface area contributed by atoms with Gasteiger partial charge in [-0.15, -0.1) is 0 Å². The molecule has 1 saturated carbocycles. The summed E-state index contributed by atoms with van der Waals surface area (Å²) in [6, 6.07) is 9.36. The van der Waals surface area contributed by atoms with Crippen molar-refractivity contribution in [1.29, 1.82) is 0 Å². The largest absolute Gasteiger partial charge is 0.491 e. The molecule has 1 aliphatic carbocycles. The third kappa shape index (κ3) is 4.45. The predicted molar refractivity (Wildman–Crippen MR) is 84.6 cm³/mol. The molecule has 3 heteroatoms. The fourth-order valence-electron chi connectivity index (χ4n) is 3.07. The minimum atomic E-state index is 0.232. The van der Waals surface area contributed by atoms with Crippen molar-refractivity contribution >= 4 is 0 Å². The van der Waals surface area contributed by atoms with E-state index in [2.05, 4.69) is 43.0 Å². The topological polar surface area (TPSA) is 21.7 Å². The summed E-state index contributed by atoms with van der Waals surface area (Å²) in [5, 5.41) is 0. The first-order valence-corrected chi connectivity index (χ1v) is 8.28. The quantitative estimate of drug-likeness (QED) is 0.767. The van der Waals surface area contributed by atoms with E-state index >= 15 is 0 Å². The minimum Gasteiger partial charge on any atom is -0.491 e. The maximum absolute atomic E-state index is 5.81.